The number of nitrogens with zero attached hydrogens (tertiary/aromatic N) is 2. The minimum atomic E-state index is -0.591. The highest BCUT2D eigenvalue weighted by atomic mass is 32.2. The fraction of sp³-hybridized carbons (Fsp3) is 0.296. The number of carbonyl (C=O) groups excluding carboxylic acids is 1. The van der Waals surface area contributed by atoms with Crippen LogP contribution in [0.5, 0.6) is 0 Å². The maximum atomic E-state index is 13.6. The van der Waals surface area contributed by atoms with E-state index >= 15 is 0 Å². The Kier molecular flexibility index (Phi) is 7.24. The first kappa shape index (κ1) is 24.2. The Hall–Kier alpha value is -2.90. The van der Waals surface area contributed by atoms with Gasteiger partial charge in [-0.2, -0.15) is 0 Å². The molecule has 1 aliphatic heterocycles. The molecule has 0 fully saturated rings. The van der Waals surface area contributed by atoms with Crippen LogP contribution in [-0.4, -0.2) is 23.4 Å². The van der Waals surface area contributed by atoms with E-state index in [1.54, 1.807) is 16.3 Å². The smallest absolute Gasteiger partial charge is 0.338 e. The molecule has 0 spiro atoms. The molecule has 5 nitrogen and oxygen atoms in total. The second kappa shape index (κ2) is 10.2. The van der Waals surface area contributed by atoms with Gasteiger partial charge >= 0.3 is 5.97 Å². The molecule has 0 radical (unpaired) electrons. The molecule has 0 aliphatic carbocycles. The Morgan fingerprint density at radius 1 is 1.15 bits per heavy atom. The van der Waals surface area contributed by atoms with Crippen LogP contribution in [0.2, 0.25) is 0 Å². The molecule has 0 bridgehead atoms. The van der Waals surface area contributed by atoms with E-state index in [-0.39, 0.29) is 11.5 Å². The van der Waals surface area contributed by atoms with Gasteiger partial charge in [0.1, 0.15) is 0 Å². The Bertz CT molecular complexity index is 1410. The van der Waals surface area contributed by atoms with E-state index in [0.29, 0.717) is 27.2 Å². The third-order valence-electron chi connectivity index (χ3n) is 5.60. The molecule has 0 amide bonds. The molecule has 34 heavy (non-hydrogen) atoms. The molecule has 7 heteroatoms. The molecule has 1 aliphatic rings. The average Bonchev–Trinajstić information content (AvgIpc) is 3.12. The van der Waals surface area contributed by atoms with Gasteiger partial charge in [-0.3, -0.25) is 9.36 Å². The number of hydrogen-bond acceptors (Lipinski definition) is 6. The van der Waals surface area contributed by atoms with E-state index in [2.05, 4.69) is 4.99 Å². The van der Waals surface area contributed by atoms with E-state index < -0.39 is 12.0 Å². The van der Waals surface area contributed by atoms with Gasteiger partial charge in [0.2, 0.25) is 0 Å². The number of allylic oxidation sites excluding steroid dienone is 1. The number of carbonyl (C=O) groups is 1. The summed E-state index contributed by atoms with van der Waals surface area (Å²) >= 11 is 2.99. The predicted molar refractivity (Wildman–Crippen MR) is 139 cm³/mol. The zero-order valence-electron chi connectivity index (χ0n) is 20.0. The first-order valence-corrected chi connectivity index (χ1v) is 13.2. The highest BCUT2D eigenvalue weighted by molar-refractivity contribution is 7.98. The summed E-state index contributed by atoms with van der Waals surface area (Å²) in [5, 5.41) is 0. The van der Waals surface area contributed by atoms with Gasteiger partial charge in [0, 0.05) is 4.90 Å². The van der Waals surface area contributed by atoms with Gasteiger partial charge in [-0.1, -0.05) is 67.1 Å². The van der Waals surface area contributed by atoms with Crippen molar-refractivity contribution in [1.29, 1.82) is 0 Å². The number of ether oxygens (including phenoxy) is 1. The maximum absolute atomic E-state index is 13.6. The molecule has 0 saturated heterocycles. The Morgan fingerprint density at radius 2 is 1.82 bits per heavy atom. The maximum Gasteiger partial charge on any atom is 0.338 e. The van der Waals surface area contributed by atoms with Crippen LogP contribution in [-0.2, 0) is 9.53 Å². The lowest BCUT2D eigenvalue weighted by Gasteiger charge is -2.25. The number of fused-ring (bicyclic) bond motifs is 1. The van der Waals surface area contributed by atoms with E-state index in [0.717, 1.165) is 21.6 Å². The molecule has 176 valence electrons. The van der Waals surface area contributed by atoms with Crippen molar-refractivity contribution in [2.45, 2.75) is 38.6 Å². The molecule has 0 N–H and O–H groups in total. The topological polar surface area (TPSA) is 60.7 Å². The van der Waals surface area contributed by atoms with Crippen LogP contribution in [0.25, 0.3) is 6.08 Å². The van der Waals surface area contributed by atoms with Gasteiger partial charge in [-0.15, -0.1) is 11.8 Å². The van der Waals surface area contributed by atoms with E-state index in [1.165, 1.54) is 11.3 Å². The Morgan fingerprint density at radius 3 is 2.44 bits per heavy atom. The molecule has 2 heterocycles. The Balaban J connectivity index is 1.89. The lowest BCUT2D eigenvalue weighted by Crippen LogP contribution is -2.40. The number of aryl methyl sites for hydroxylation is 1. The monoisotopic (exact) mass is 492 g/mol. The quantitative estimate of drug-likeness (QED) is 0.376. The third-order valence-corrected chi connectivity index (χ3v) is 7.32. The van der Waals surface area contributed by atoms with Crippen LogP contribution in [0, 0.1) is 12.8 Å². The second-order valence-corrected chi connectivity index (χ2v) is 10.6. The zero-order chi connectivity index (χ0) is 24.4. The number of benzene rings is 2. The van der Waals surface area contributed by atoms with Crippen molar-refractivity contribution in [3.8, 4) is 0 Å². The number of aromatic nitrogens is 1. The predicted octanol–water partition coefficient (Wildman–Crippen LogP) is 4.46. The molecule has 1 atom stereocenters. The normalized spacial score (nSPS) is 15.9. The SMILES string of the molecule is CSc1ccc([C@@H]2C(C(=O)OCC(C)C)=C(C)N=c3s/c(=C/c4ccc(C)cc4)c(=O)n32)cc1. The highest BCUT2D eigenvalue weighted by Crippen LogP contribution is 2.31. The highest BCUT2D eigenvalue weighted by Gasteiger charge is 2.33. The molecular formula is C27H28N2O3S2. The summed E-state index contributed by atoms with van der Waals surface area (Å²) in [7, 11) is 0. The van der Waals surface area contributed by atoms with Crippen LogP contribution in [0.4, 0.5) is 0 Å². The summed E-state index contributed by atoms with van der Waals surface area (Å²) in [4.78, 5) is 33.2. The van der Waals surface area contributed by atoms with Crippen LogP contribution < -0.4 is 14.9 Å². The number of thioether (sulfide) groups is 1. The van der Waals surface area contributed by atoms with Gasteiger partial charge in [-0.05, 0) is 55.4 Å². The zero-order valence-corrected chi connectivity index (χ0v) is 21.6. The molecule has 1 aromatic heterocycles. The van der Waals surface area contributed by atoms with Crippen molar-refractivity contribution < 1.29 is 9.53 Å². The lowest BCUT2D eigenvalue weighted by atomic mass is 9.96. The summed E-state index contributed by atoms with van der Waals surface area (Å²) in [5.41, 5.74) is 3.79. The van der Waals surface area contributed by atoms with Crippen LogP contribution >= 0.6 is 23.1 Å². The van der Waals surface area contributed by atoms with Crippen molar-refractivity contribution in [3.05, 3.63) is 96.2 Å². The van der Waals surface area contributed by atoms with Crippen molar-refractivity contribution in [3.63, 3.8) is 0 Å². The summed E-state index contributed by atoms with van der Waals surface area (Å²) in [5.74, 6) is -0.221. The molecular weight excluding hydrogens is 464 g/mol. The van der Waals surface area contributed by atoms with Crippen molar-refractivity contribution in [1.82, 2.24) is 4.57 Å². The minimum Gasteiger partial charge on any atom is -0.462 e. The summed E-state index contributed by atoms with van der Waals surface area (Å²) in [6, 6.07) is 15.4. The van der Waals surface area contributed by atoms with E-state index in [4.69, 9.17) is 4.74 Å². The van der Waals surface area contributed by atoms with Crippen molar-refractivity contribution in [2.75, 3.05) is 12.9 Å². The van der Waals surface area contributed by atoms with Crippen LogP contribution in [0.15, 0.2) is 74.5 Å². The number of hydrogen-bond donors (Lipinski definition) is 0. The molecule has 3 aromatic rings. The van der Waals surface area contributed by atoms with Crippen LogP contribution in [0.1, 0.15) is 43.5 Å². The van der Waals surface area contributed by atoms with Gasteiger partial charge in [0.25, 0.3) is 5.56 Å². The summed E-state index contributed by atoms with van der Waals surface area (Å²) in [6.45, 7) is 8.14. The van der Waals surface area contributed by atoms with E-state index in [9.17, 15) is 9.59 Å². The molecule has 4 rings (SSSR count). The number of rotatable bonds is 6. The van der Waals surface area contributed by atoms with Gasteiger partial charge in [0.05, 0.1) is 28.5 Å². The Labute approximate surface area is 207 Å². The standard InChI is InChI=1S/C27H28N2O3S2/c1-16(2)15-32-26(31)23-18(4)28-27-29(24(23)20-10-12-21(33-5)13-11-20)25(30)22(34-27)14-19-8-6-17(3)7-9-19/h6-14,16,24H,15H2,1-5H3/b22-14+/t24-/m1/s1. The first-order valence-electron chi connectivity index (χ1n) is 11.2. The fourth-order valence-electron chi connectivity index (χ4n) is 3.82. The first-order chi connectivity index (χ1) is 16.3. The second-order valence-electron chi connectivity index (χ2n) is 8.76. The number of esters is 1. The van der Waals surface area contributed by atoms with Crippen molar-refractivity contribution in [2.24, 2.45) is 10.9 Å². The van der Waals surface area contributed by atoms with Gasteiger partial charge < -0.3 is 4.74 Å². The molecule has 0 unspecified atom stereocenters. The van der Waals surface area contributed by atoms with E-state index in [1.807, 2.05) is 88.6 Å². The molecule has 0 saturated carbocycles. The third kappa shape index (κ3) is 4.95. The van der Waals surface area contributed by atoms with Gasteiger partial charge in [-0.25, -0.2) is 9.79 Å². The van der Waals surface area contributed by atoms with Crippen molar-refractivity contribution >= 4 is 35.1 Å². The minimum absolute atomic E-state index is 0.162. The lowest BCUT2D eigenvalue weighted by molar-refractivity contribution is -0.140. The van der Waals surface area contributed by atoms with Gasteiger partial charge in [0.15, 0.2) is 4.80 Å². The van der Waals surface area contributed by atoms with Crippen LogP contribution in [0.3, 0.4) is 0 Å². The molecule has 2 aromatic carbocycles. The average molecular weight is 493 g/mol. The largest absolute Gasteiger partial charge is 0.462 e. The summed E-state index contributed by atoms with van der Waals surface area (Å²) in [6.07, 6.45) is 3.90. The number of thiazole rings is 1. The fourth-order valence-corrected chi connectivity index (χ4v) is 5.27. The summed E-state index contributed by atoms with van der Waals surface area (Å²) < 4.78 is 7.82.